The van der Waals surface area contributed by atoms with Crippen LogP contribution >= 0.6 is 11.3 Å². The maximum Gasteiger partial charge on any atom is 0.323 e. The number of benzene rings is 1. The summed E-state index contributed by atoms with van der Waals surface area (Å²) in [5.41, 5.74) is 0.120. The largest absolute Gasteiger partial charge is 0.493 e. The predicted molar refractivity (Wildman–Crippen MR) is 72.6 cm³/mol. The van der Waals surface area contributed by atoms with E-state index in [1.807, 2.05) is 0 Å². The Morgan fingerprint density at radius 1 is 1.29 bits per heavy atom. The first kappa shape index (κ1) is 13.3. The number of para-hydroxylation sites is 1. The van der Waals surface area contributed by atoms with E-state index in [1.54, 1.807) is 24.3 Å². The van der Waals surface area contributed by atoms with Crippen molar-refractivity contribution in [1.82, 2.24) is 4.57 Å². The SMILES string of the molecule is O=C(O)Cn1c(O)c(C2=c3ccccc3=NC2=O)sc1=O. The van der Waals surface area contributed by atoms with Crippen molar-refractivity contribution < 1.29 is 19.8 Å². The maximum atomic E-state index is 12.0. The summed E-state index contributed by atoms with van der Waals surface area (Å²) in [6, 6.07) is 6.73. The molecule has 2 heterocycles. The third-order valence-electron chi connectivity index (χ3n) is 3.00. The first-order valence-electron chi connectivity index (χ1n) is 5.86. The highest BCUT2D eigenvalue weighted by atomic mass is 32.1. The van der Waals surface area contributed by atoms with E-state index < -0.39 is 29.2 Å². The van der Waals surface area contributed by atoms with Crippen LogP contribution in [0.15, 0.2) is 34.1 Å². The number of fused-ring (bicyclic) bond motifs is 1. The number of carboxylic acids is 1. The molecule has 0 fully saturated rings. The van der Waals surface area contributed by atoms with Crippen molar-refractivity contribution in [2.24, 2.45) is 4.99 Å². The highest BCUT2D eigenvalue weighted by Crippen LogP contribution is 2.27. The summed E-state index contributed by atoms with van der Waals surface area (Å²) in [6.45, 7) is -0.665. The van der Waals surface area contributed by atoms with Crippen LogP contribution in [0.4, 0.5) is 0 Å². The molecule has 7 nitrogen and oxygen atoms in total. The van der Waals surface area contributed by atoms with E-state index >= 15 is 0 Å². The smallest absolute Gasteiger partial charge is 0.323 e. The highest BCUT2D eigenvalue weighted by Gasteiger charge is 2.26. The van der Waals surface area contributed by atoms with Gasteiger partial charge >= 0.3 is 10.8 Å². The average Bonchev–Trinajstić information content (AvgIpc) is 2.89. The molecule has 106 valence electrons. The molecule has 0 aliphatic carbocycles. The van der Waals surface area contributed by atoms with Crippen LogP contribution in [-0.2, 0) is 16.1 Å². The van der Waals surface area contributed by atoms with Gasteiger partial charge in [-0.1, -0.05) is 29.5 Å². The van der Waals surface area contributed by atoms with E-state index in [-0.39, 0.29) is 10.5 Å². The Kier molecular flexibility index (Phi) is 2.95. The first-order valence-corrected chi connectivity index (χ1v) is 6.68. The normalized spacial score (nSPS) is 13.1. The number of amides is 1. The fraction of sp³-hybridized carbons (Fsp3) is 0.0769. The van der Waals surface area contributed by atoms with E-state index in [1.165, 1.54) is 0 Å². The van der Waals surface area contributed by atoms with Gasteiger partial charge in [-0.2, -0.15) is 0 Å². The fourth-order valence-corrected chi connectivity index (χ4v) is 3.05. The number of rotatable bonds is 3. The molecule has 0 saturated heterocycles. The van der Waals surface area contributed by atoms with E-state index in [4.69, 9.17) is 5.11 Å². The number of hydrogen-bond acceptors (Lipinski definition) is 5. The van der Waals surface area contributed by atoms with Crippen molar-refractivity contribution in [2.75, 3.05) is 0 Å². The molecular formula is C13H8N2O5S. The van der Waals surface area contributed by atoms with E-state index in [0.717, 1.165) is 0 Å². The van der Waals surface area contributed by atoms with E-state index in [0.29, 0.717) is 26.5 Å². The number of thiazole rings is 1. The number of nitrogens with zero attached hydrogens (tertiary/aromatic N) is 2. The molecule has 0 radical (unpaired) electrons. The van der Waals surface area contributed by atoms with Gasteiger partial charge in [0.15, 0.2) is 0 Å². The Morgan fingerprint density at radius 3 is 2.71 bits per heavy atom. The maximum absolute atomic E-state index is 12.0. The molecule has 1 aromatic carbocycles. The molecule has 1 aromatic heterocycles. The van der Waals surface area contributed by atoms with Gasteiger partial charge in [-0.25, -0.2) is 4.99 Å². The second-order valence-electron chi connectivity index (χ2n) is 4.31. The number of aromatic hydroxyl groups is 1. The molecule has 2 aromatic rings. The molecule has 2 N–H and O–H groups in total. The van der Waals surface area contributed by atoms with Gasteiger partial charge in [0, 0.05) is 5.22 Å². The van der Waals surface area contributed by atoms with Crippen LogP contribution < -0.4 is 15.4 Å². The summed E-state index contributed by atoms with van der Waals surface area (Å²) in [7, 11) is 0. The van der Waals surface area contributed by atoms with Crippen LogP contribution in [-0.4, -0.2) is 26.7 Å². The summed E-state index contributed by atoms with van der Waals surface area (Å²) in [5, 5.41) is 19.8. The van der Waals surface area contributed by atoms with Gasteiger partial charge in [0.1, 0.15) is 11.4 Å². The van der Waals surface area contributed by atoms with Crippen LogP contribution in [0.5, 0.6) is 5.88 Å². The number of carbonyl (C=O) groups excluding carboxylic acids is 1. The van der Waals surface area contributed by atoms with Crippen molar-refractivity contribution in [3.8, 4) is 5.88 Å². The summed E-state index contributed by atoms with van der Waals surface area (Å²) in [6.07, 6.45) is 0. The quantitative estimate of drug-likeness (QED) is 0.760. The standard InChI is InChI=1S/C13H8N2O5S/c16-8(17)5-15-12(19)10(21-13(15)20)9-6-3-1-2-4-7(6)14-11(9)18/h1-4,19H,5H2,(H,16,17). The molecule has 8 heteroatoms. The Labute approximate surface area is 120 Å². The number of carbonyl (C=O) groups is 2. The zero-order valence-corrected chi connectivity index (χ0v) is 11.3. The van der Waals surface area contributed by atoms with Crippen molar-refractivity contribution in [3.05, 3.63) is 49.4 Å². The van der Waals surface area contributed by atoms with Gasteiger partial charge in [0.2, 0.25) is 5.88 Å². The molecule has 0 spiro atoms. The number of hydrogen-bond donors (Lipinski definition) is 2. The Morgan fingerprint density at radius 2 is 2.00 bits per heavy atom. The van der Waals surface area contributed by atoms with Crippen LogP contribution in [0.2, 0.25) is 0 Å². The zero-order chi connectivity index (χ0) is 15.1. The van der Waals surface area contributed by atoms with E-state index in [2.05, 4.69) is 4.99 Å². The minimum absolute atomic E-state index is 0.0416. The summed E-state index contributed by atoms with van der Waals surface area (Å²) < 4.78 is 0.712. The van der Waals surface area contributed by atoms with Gasteiger partial charge in [0.05, 0.1) is 10.9 Å². The number of aliphatic carboxylic acids is 1. The lowest BCUT2D eigenvalue weighted by Gasteiger charge is -2.00. The molecule has 0 atom stereocenters. The van der Waals surface area contributed by atoms with Gasteiger partial charge in [0.25, 0.3) is 5.91 Å². The Balaban J connectivity index is 2.29. The van der Waals surface area contributed by atoms with Crippen molar-refractivity contribution >= 4 is 28.8 Å². The van der Waals surface area contributed by atoms with Crippen molar-refractivity contribution in [3.63, 3.8) is 0 Å². The third-order valence-corrected chi connectivity index (χ3v) is 3.98. The first-order chi connectivity index (χ1) is 9.99. The average molecular weight is 304 g/mol. The highest BCUT2D eigenvalue weighted by molar-refractivity contribution is 7.11. The molecule has 3 rings (SSSR count). The van der Waals surface area contributed by atoms with Gasteiger partial charge in [-0.3, -0.25) is 19.0 Å². The summed E-state index contributed by atoms with van der Waals surface area (Å²) >= 11 is 0.624. The number of aromatic nitrogens is 1. The summed E-state index contributed by atoms with van der Waals surface area (Å²) in [4.78, 5) is 37.7. The van der Waals surface area contributed by atoms with Crippen LogP contribution in [0.3, 0.4) is 0 Å². The van der Waals surface area contributed by atoms with E-state index in [9.17, 15) is 19.5 Å². The molecule has 0 unspecified atom stereocenters. The van der Waals surface area contributed by atoms with Crippen LogP contribution in [0.25, 0.3) is 5.57 Å². The van der Waals surface area contributed by atoms with Crippen molar-refractivity contribution in [1.29, 1.82) is 0 Å². The molecule has 1 aliphatic heterocycles. The fourth-order valence-electron chi connectivity index (χ4n) is 2.12. The molecular weight excluding hydrogens is 296 g/mol. The molecule has 1 amide bonds. The molecule has 0 bridgehead atoms. The van der Waals surface area contributed by atoms with Gasteiger partial charge in [-0.05, 0) is 6.07 Å². The van der Waals surface area contributed by atoms with Crippen LogP contribution in [0.1, 0.15) is 4.88 Å². The Hall–Kier alpha value is -2.74. The molecule has 0 saturated carbocycles. The minimum Gasteiger partial charge on any atom is -0.493 e. The monoisotopic (exact) mass is 304 g/mol. The zero-order valence-electron chi connectivity index (χ0n) is 10.4. The topological polar surface area (TPSA) is 109 Å². The molecule has 1 aliphatic rings. The third kappa shape index (κ3) is 2.05. The lowest BCUT2D eigenvalue weighted by Crippen LogP contribution is -2.22. The summed E-state index contributed by atoms with van der Waals surface area (Å²) in [5.74, 6) is -2.34. The number of carboxylic acid groups (broad SMARTS) is 1. The second kappa shape index (κ2) is 4.67. The lowest BCUT2D eigenvalue weighted by molar-refractivity contribution is -0.137. The van der Waals surface area contributed by atoms with Crippen molar-refractivity contribution in [2.45, 2.75) is 6.54 Å². The lowest BCUT2D eigenvalue weighted by atomic mass is 10.1. The predicted octanol–water partition coefficient (Wildman–Crippen LogP) is -0.941. The second-order valence-corrected chi connectivity index (χ2v) is 5.27. The minimum atomic E-state index is -1.26. The molecule has 21 heavy (non-hydrogen) atoms. The van der Waals surface area contributed by atoms with Crippen LogP contribution in [0, 0.1) is 0 Å². The Bertz CT molecular complexity index is 954. The van der Waals surface area contributed by atoms with Gasteiger partial charge in [-0.15, -0.1) is 0 Å². The van der Waals surface area contributed by atoms with Gasteiger partial charge < -0.3 is 10.2 Å².